The van der Waals surface area contributed by atoms with Gasteiger partial charge in [0.1, 0.15) is 29.7 Å². The molecule has 0 bridgehead atoms. The number of esters is 2. The number of carbonyl (C=O) groups excluding carboxylic acids is 4. The summed E-state index contributed by atoms with van der Waals surface area (Å²) in [5.41, 5.74) is 1.69. The maximum absolute atomic E-state index is 13.6. The van der Waals surface area contributed by atoms with E-state index in [4.69, 9.17) is 18.9 Å². The van der Waals surface area contributed by atoms with Gasteiger partial charge in [-0.3, -0.25) is 14.4 Å². The molecule has 12 nitrogen and oxygen atoms in total. The van der Waals surface area contributed by atoms with Crippen LogP contribution in [0.5, 0.6) is 5.75 Å². The van der Waals surface area contributed by atoms with Crippen molar-refractivity contribution in [3.05, 3.63) is 82.9 Å². The number of hydrogen-bond donors (Lipinski definition) is 4. The molecule has 1 saturated heterocycles. The van der Waals surface area contributed by atoms with Crippen molar-refractivity contribution < 1.29 is 48.3 Å². The molecule has 4 atom stereocenters. The van der Waals surface area contributed by atoms with Crippen molar-refractivity contribution in [1.82, 2.24) is 10.6 Å². The molecule has 2 aromatic rings. The number of benzene rings is 2. The first kappa shape index (κ1) is 39.2. The lowest BCUT2D eigenvalue weighted by molar-refractivity contribution is -0.209. The molecule has 6 rings (SSSR count). The number of rotatable bonds is 16. The van der Waals surface area contributed by atoms with E-state index in [9.17, 15) is 29.4 Å². The van der Waals surface area contributed by atoms with Crippen molar-refractivity contribution >= 4 is 29.8 Å². The largest absolute Gasteiger partial charge is 0.508 e. The van der Waals surface area contributed by atoms with E-state index in [0.29, 0.717) is 17.6 Å². The molecule has 2 saturated carbocycles. The van der Waals surface area contributed by atoms with Gasteiger partial charge in [-0.15, -0.1) is 0 Å². The second-order valence-corrected chi connectivity index (χ2v) is 15.7. The van der Waals surface area contributed by atoms with Crippen LogP contribution in [-0.4, -0.2) is 82.9 Å². The average Bonchev–Trinajstić information content (AvgIpc) is 4.08. The van der Waals surface area contributed by atoms with Crippen molar-refractivity contribution in [2.45, 2.75) is 114 Å². The van der Waals surface area contributed by atoms with Gasteiger partial charge in [-0.1, -0.05) is 42.5 Å². The summed E-state index contributed by atoms with van der Waals surface area (Å²) in [6.07, 6.45) is 8.47. The zero-order valence-corrected chi connectivity index (χ0v) is 31.3. The number of phenols is 1. The molecule has 54 heavy (non-hydrogen) atoms. The number of amides is 2. The van der Waals surface area contributed by atoms with E-state index in [1.165, 1.54) is 0 Å². The van der Waals surface area contributed by atoms with Gasteiger partial charge in [-0.05, 0) is 94.7 Å². The van der Waals surface area contributed by atoms with Crippen molar-refractivity contribution in [1.29, 1.82) is 0 Å². The average molecular weight is 745 g/mol. The summed E-state index contributed by atoms with van der Waals surface area (Å²) in [5, 5.41) is 25.3. The molecule has 1 heterocycles. The van der Waals surface area contributed by atoms with E-state index in [2.05, 4.69) is 10.6 Å². The minimum Gasteiger partial charge on any atom is -0.508 e. The Kier molecular flexibility index (Phi) is 12.2. The van der Waals surface area contributed by atoms with Crippen molar-refractivity contribution in [2.24, 2.45) is 11.8 Å². The summed E-state index contributed by atoms with van der Waals surface area (Å²) in [7, 11) is 0. The van der Waals surface area contributed by atoms with Crippen LogP contribution in [-0.2, 0) is 39.8 Å². The fourth-order valence-corrected chi connectivity index (χ4v) is 7.15. The van der Waals surface area contributed by atoms with Gasteiger partial charge in [-0.2, -0.15) is 0 Å². The third kappa shape index (κ3) is 10.2. The number of carbonyl (C=O) groups is 4. The molecule has 12 heteroatoms. The lowest BCUT2D eigenvalue weighted by Crippen LogP contribution is -2.44. The lowest BCUT2D eigenvalue weighted by atomic mass is 9.91. The number of para-hydroxylation sites is 1. The molecule has 0 aromatic heterocycles. The first-order valence-electron chi connectivity index (χ1n) is 19.0. The minimum atomic E-state index is -0.786. The first-order chi connectivity index (χ1) is 25.8. The van der Waals surface area contributed by atoms with E-state index in [1.54, 1.807) is 57.2 Å². The molecule has 3 fully saturated rings. The number of hydrogen-bond acceptors (Lipinski definition) is 10. The van der Waals surface area contributed by atoms with Gasteiger partial charge in [0, 0.05) is 43.2 Å². The number of allylic oxidation sites excluding steroid dienone is 1. The number of ether oxygens (including phenoxy) is 4. The summed E-state index contributed by atoms with van der Waals surface area (Å²) < 4.78 is 24.8. The van der Waals surface area contributed by atoms with Gasteiger partial charge in [0.2, 0.25) is 11.8 Å². The van der Waals surface area contributed by atoms with Crippen LogP contribution in [0.4, 0.5) is 0 Å². The number of aliphatic hydroxyl groups is 1. The Morgan fingerprint density at radius 1 is 1.00 bits per heavy atom. The molecule has 3 aliphatic carbocycles. The lowest BCUT2D eigenvalue weighted by Gasteiger charge is -2.31. The summed E-state index contributed by atoms with van der Waals surface area (Å²) in [6.45, 7) is 4.99. The van der Waals surface area contributed by atoms with Crippen molar-refractivity contribution in [3.63, 3.8) is 0 Å². The molecule has 0 unspecified atom stereocenters. The molecule has 2 amide bonds. The van der Waals surface area contributed by atoms with Crippen LogP contribution in [0.3, 0.4) is 0 Å². The first-order valence-corrected chi connectivity index (χ1v) is 19.0. The number of phenolic OH excluding ortho intramolecular Hbond substituents is 1. The third-order valence-electron chi connectivity index (χ3n) is 10.1. The van der Waals surface area contributed by atoms with Crippen LogP contribution >= 0.6 is 0 Å². The van der Waals surface area contributed by atoms with E-state index in [1.807, 2.05) is 30.4 Å². The highest BCUT2D eigenvalue weighted by atomic mass is 16.8. The second-order valence-electron chi connectivity index (χ2n) is 15.7. The standard InChI is InChI=1S/C42H52N2O10/c1-41(2,3)53-37(48)19-18-32(25-45)44-36(47)20-21-43-39(49)29-23-34(38-35(24-29)52-42(54-38,30-14-15-30)31-16-17-31)51-40(50)28-12-7-9-26(22-28)8-6-11-27-10-4-5-13-33(27)46/h4-10,12-13,22,24,30-32,34-35,38,45-46H,11,14-21,23,25H2,1-3H3,(H,43,49)(H,44,47)/t32-,34+,35+,38-/m0/s1. The highest BCUT2D eigenvalue weighted by molar-refractivity contribution is 5.94. The number of fused-ring (bicyclic) bond motifs is 1. The quantitative estimate of drug-likeness (QED) is 0.173. The van der Waals surface area contributed by atoms with Gasteiger partial charge in [0.05, 0.1) is 18.2 Å². The van der Waals surface area contributed by atoms with E-state index < -0.39 is 53.6 Å². The van der Waals surface area contributed by atoms with E-state index >= 15 is 0 Å². The summed E-state index contributed by atoms with van der Waals surface area (Å²) in [4.78, 5) is 51.9. The maximum Gasteiger partial charge on any atom is 0.338 e. The fourth-order valence-electron chi connectivity index (χ4n) is 7.15. The van der Waals surface area contributed by atoms with Crippen LogP contribution in [0, 0.1) is 11.8 Å². The van der Waals surface area contributed by atoms with Gasteiger partial charge in [0.25, 0.3) is 0 Å². The van der Waals surface area contributed by atoms with Gasteiger partial charge in [0.15, 0.2) is 5.79 Å². The zero-order valence-electron chi connectivity index (χ0n) is 31.3. The topological polar surface area (TPSA) is 170 Å². The maximum atomic E-state index is 13.6. The zero-order chi connectivity index (χ0) is 38.5. The molecule has 290 valence electrons. The van der Waals surface area contributed by atoms with Crippen LogP contribution in [0.25, 0.3) is 6.08 Å². The predicted molar refractivity (Wildman–Crippen MR) is 199 cm³/mol. The van der Waals surface area contributed by atoms with E-state index in [0.717, 1.165) is 36.8 Å². The second kappa shape index (κ2) is 16.9. The van der Waals surface area contributed by atoms with Crippen LogP contribution < -0.4 is 10.6 Å². The highest BCUT2D eigenvalue weighted by Gasteiger charge is 2.64. The molecule has 0 radical (unpaired) electrons. The molecule has 4 aliphatic rings. The van der Waals surface area contributed by atoms with Crippen LogP contribution in [0.15, 0.2) is 66.3 Å². The molecule has 0 spiro atoms. The molecule has 2 aromatic carbocycles. The van der Waals surface area contributed by atoms with Gasteiger partial charge >= 0.3 is 11.9 Å². The normalized spacial score (nSPS) is 22.5. The Morgan fingerprint density at radius 2 is 1.74 bits per heavy atom. The summed E-state index contributed by atoms with van der Waals surface area (Å²) >= 11 is 0. The Balaban J connectivity index is 1.07. The van der Waals surface area contributed by atoms with Crippen molar-refractivity contribution in [3.8, 4) is 5.75 Å². The Labute approximate surface area is 316 Å². The van der Waals surface area contributed by atoms with Crippen LogP contribution in [0.1, 0.15) is 93.6 Å². The van der Waals surface area contributed by atoms with Crippen LogP contribution in [0.2, 0.25) is 0 Å². The number of aromatic hydroxyl groups is 1. The Hall–Kier alpha value is -4.52. The van der Waals surface area contributed by atoms with Gasteiger partial charge < -0.3 is 39.8 Å². The Morgan fingerprint density at radius 3 is 2.43 bits per heavy atom. The third-order valence-corrected chi connectivity index (χ3v) is 10.1. The summed E-state index contributed by atoms with van der Waals surface area (Å²) in [6, 6.07) is 13.6. The smallest absolute Gasteiger partial charge is 0.338 e. The van der Waals surface area contributed by atoms with E-state index in [-0.39, 0.29) is 62.3 Å². The molecular weight excluding hydrogens is 692 g/mol. The molecular formula is C42H52N2O10. The molecule has 1 aliphatic heterocycles. The fraction of sp³-hybridized carbons (Fsp3) is 0.524. The SMILES string of the molecule is CC(C)(C)OC(=O)CC[C@@H](CO)NC(=O)CCNC(=O)C1=C[C@H]2OC(C3CC3)(C3CC3)O[C@H]2[C@H](OC(=O)c2cccc(C=CCc3ccccc3O)c2)C1. The minimum absolute atomic E-state index is 0.0282. The summed E-state index contributed by atoms with van der Waals surface area (Å²) in [5.74, 6) is -1.73. The molecule has 4 N–H and O–H groups in total. The number of aliphatic hydroxyl groups excluding tert-OH is 1. The predicted octanol–water partition coefficient (Wildman–Crippen LogP) is 4.91. The highest BCUT2D eigenvalue weighted by Crippen LogP contribution is 2.59. The Bertz CT molecular complexity index is 1740. The monoisotopic (exact) mass is 744 g/mol. The number of nitrogens with one attached hydrogen (secondary N) is 2. The van der Waals surface area contributed by atoms with Crippen molar-refractivity contribution in [2.75, 3.05) is 13.2 Å². The van der Waals surface area contributed by atoms with Gasteiger partial charge in [-0.25, -0.2) is 4.79 Å².